The Morgan fingerprint density at radius 2 is 2.10 bits per heavy atom. The van der Waals surface area contributed by atoms with Gasteiger partial charge >= 0.3 is 6.03 Å². The second-order valence-electron chi connectivity index (χ2n) is 6.15. The predicted molar refractivity (Wildman–Crippen MR) is 84.3 cm³/mol. The molecule has 1 saturated carbocycles. The maximum atomic E-state index is 11.9. The second-order valence-corrected chi connectivity index (χ2v) is 7.56. The zero-order valence-electron chi connectivity index (χ0n) is 12.6. The molecule has 1 aliphatic carbocycles. The van der Waals surface area contributed by atoms with E-state index in [0.29, 0.717) is 5.25 Å². The highest BCUT2D eigenvalue weighted by Crippen LogP contribution is 2.40. The lowest BCUT2D eigenvalue weighted by Gasteiger charge is -2.29. The van der Waals surface area contributed by atoms with Crippen LogP contribution in [0.15, 0.2) is 0 Å². The molecule has 5 heteroatoms. The van der Waals surface area contributed by atoms with E-state index in [-0.39, 0.29) is 11.4 Å². The largest absolute Gasteiger partial charge is 0.385 e. The lowest BCUT2D eigenvalue weighted by Crippen LogP contribution is -2.43. The van der Waals surface area contributed by atoms with Crippen LogP contribution in [0.3, 0.4) is 0 Å². The molecule has 2 rings (SSSR count). The van der Waals surface area contributed by atoms with Gasteiger partial charge in [0.2, 0.25) is 0 Å². The summed E-state index contributed by atoms with van der Waals surface area (Å²) in [5.41, 5.74) is 0.273. The number of nitrogens with one attached hydrogen (secondary N) is 2. The van der Waals surface area contributed by atoms with Crippen molar-refractivity contribution < 1.29 is 9.53 Å². The van der Waals surface area contributed by atoms with Gasteiger partial charge in [-0.25, -0.2) is 4.79 Å². The molecule has 2 N–H and O–H groups in total. The van der Waals surface area contributed by atoms with E-state index in [1.165, 1.54) is 44.3 Å². The number of thioether (sulfide) groups is 1. The molecule has 0 radical (unpaired) electrons. The first-order valence-electron chi connectivity index (χ1n) is 7.86. The molecule has 2 fully saturated rings. The number of hydrogen-bond donors (Lipinski definition) is 2. The van der Waals surface area contributed by atoms with Gasteiger partial charge in [0.15, 0.2) is 0 Å². The Hall–Kier alpha value is -0.420. The third-order valence-corrected chi connectivity index (χ3v) is 6.04. The molecule has 0 spiro atoms. The van der Waals surface area contributed by atoms with Crippen LogP contribution >= 0.6 is 11.8 Å². The molecular weight excluding hydrogens is 272 g/mol. The Morgan fingerprint density at radius 3 is 2.75 bits per heavy atom. The highest BCUT2D eigenvalue weighted by molar-refractivity contribution is 8.00. The fourth-order valence-corrected chi connectivity index (χ4v) is 4.50. The average Bonchev–Trinajstić information content (AvgIpc) is 3.13. The molecule has 2 amide bonds. The molecule has 1 saturated heterocycles. The normalized spacial score (nSPS) is 24.8. The van der Waals surface area contributed by atoms with Crippen LogP contribution < -0.4 is 10.6 Å². The number of carbonyl (C=O) groups is 1. The Labute approximate surface area is 126 Å². The SMILES string of the molecule is COCCC1(CNC(=O)NC[C@@H]2CCCS2)CCCC1. The molecule has 20 heavy (non-hydrogen) atoms. The van der Waals surface area contributed by atoms with Crippen molar-refractivity contribution in [3.05, 3.63) is 0 Å². The Kier molecular flexibility index (Phi) is 6.49. The van der Waals surface area contributed by atoms with E-state index in [2.05, 4.69) is 10.6 Å². The van der Waals surface area contributed by atoms with Crippen molar-refractivity contribution in [2.24, 2.45) is 5.41 Å². The van der Waals surface area contributed by atoms with Crippen LogP contribution in [0.4, 0.5) is 4.79 Å². The minimum absolute atomic E-state index is 0.00110. The lowest BCUT2D eigenvalue weighted by atomic mass is 9.83. The minimum atomic E-state index is 0.00110. The maximum Gasteiger partial charge on any atom is 0.314 e. The minimum Gasteiger partial charge on any atom is -0.385 e. The molecule has 1 aliphatic heterocycles. The summed E-state index contributed by atoms with van der Waals surface area (Å²) in [5.74, 6) is 1.24. The van der Waals surface area contributed by atoms with Crippen molar-refractivity contribution in [3.63, 3.8) is 0 Å². The van der Waals surface area contributed by atoms with Gasteiger partial charge in [0.25, 0.3) is 0 Å². The van der Waals surface area contributed by atoms with E-state index in [9.17, 15) is 4.79 Å². The fourth-order valence-electron chi connectivity index (χ4n) is 3.30. The van der Waals surface area contributed by atoms with Crippen molar-refractivity contribution in [1.29, 1.82) is 0 Å². The standard InChI is InChI=1S/C15H28N2O2S/c1-19-9-8-15(6-2-3-7-15)12-17-14(18)16-11-13-5-4-10-20-13/h13H,2-12H2,1H3,(H2,16,17,18)/t13-/m0/s1. The van der Waals surface area contributed by atoms with Crippen LogP contribution in [0.25, 0.3) is 0 Å². The molecule has 0 unspecified atom stereocenters. The number of ether oxygens (including phenoxy) is 1. The van der Waals surface area contributed by atoms with Crippen molar-refractivity contribution in [2.45, 2.75) is 50.2 Å². The molecule has 0 aromatic rings. The van der Waals surface area contributed by atoms with Crippen LogP contribution in [-0.4, -0.2) is 43.8 Å². The number of carbonyl (C=O) groups excluding carboxylic acids is 1. The molecule has 1 heterocycles. The summed E-state index contributed by atoms with van der Waals surface area (Å²) in [6, 6.07) is 0.00110. The molecule has 0 aromatic heterocycles. The molecule has 116 valence electrons. The summed E-state index contributed by atoms with van der Waals surface area (Å²) < 4.78 is 5.22. The van der Waals surface area contributed by atoms with Gasteiger partial charge in [0.05, 0.1) is 0 Å². The summed E-state index contributed by atoms with van der Waals surface area (Å²) >= 11 is 1.98. The van der Waals surface area contributed by atoms with Crippen LogP contribution in [0.5, 0.6) is 0 Å². The van der Waals surface area contributed by atoms with Gasteiger partial charge in [-0.05, 0) is 43.3 Å². The highest BCUT2D eigenvalue weighted by atomic mass is 32.2. The van der Waals surface area contributed by atoms with Gasteiger partial charge in [-0.1, -0.05) is 12.8 Å². The highest BCUT2D eigenvalue weighted by Gasteiger charge is 2.33. The average molecular weight is 300 g/mol. The van der Waals surface area contributed by atoms with Gasteiger partial charge in [-0.3, -0.25) is 0 Å². The zero-order valence-corrected chi connectivity index (χ0v) is 13.4. The predicted octanol–water partition coefficient (Wildman–Crippen LogP) is 2.78. The first-order chi connectivity index (χ1) is 9.74. The number of hydrogen-bond acceptors (Lipinski definition) is 3. The van der Waals surface area contributed by atoms with Crippen LogP contribution in [0.2, 0.25) is 0 Å². The molecule has 0 bridgehead atoms. The zero-order chi connectivity index (χ0) is 14.3. The summed E-state index contributed by atoms with van der Waals surface area (Å²) in [7, 11) is 1.75. The third-order valence-electron chi connectivity index (χ3n) is 4.64. The summed E-state index contributed by atoms with van der Waals surface area (Å²) in [5, 5.41) is 6.72. The summed E-state index contributed by atoms with van der Waals surface area (Å²) in [6.07, 6.45) is 8.59. The number of urea groups is 1. The van der Waals surface area contributed by atoms with Crippen molar-refractivity contribution >= 4 is 17.8 Å². The quantitative estimate of drug-likeness (QED) is 0.760. The summed E-state index contributed by atoms with van der Waals surface area (Å²) in [6.45, 7) is 2.39. The van der Waals surface area contributed by atoms with E-state index in [1.54, 1.807) is 7.11 Å². The van der Waals surface area contributed by atoms with E-state index in [4.69, 9.17) is 4.74 Å². The van der Waals surface area contributed by atoms with E-state index < -0.39 is 0 Å². The van der Waals surface area contributed by atoms with E-state index >= 15 is 0 Å². The van der Waals surface area contributed by atoms with E-state index in [1.807, 2.05) is 11.8 Å². The van der Waals surface area contributed by atoms with Crippen LogP contribution in [0.1, 0.15) is 44.9 Å². The van der Waals surface area contributed by atoms with Gasteiger partial charge in [-0.2, -0.15) is 11.8 Å². The van der Waals surface area contributed by atoms with Crippen molar-refractivity contribution in [2.75, 3.05) is 32.6 Å². The lowest BCUT2D eigenvalue weighted by molar-refractivity contribution is 0.136. The smallest absolute Gasteiger partial charge is 0.314 e. The Bertz CT molecular complexity index is 300. The Morgan fingerprint density at radius 1 is 1.30 bits per heavy atom. The number of amides is 2. The van der Waals surface area contributed by atoms with E-state index in [0.717, 1.165) is 26.1 Å². The van der Waals surface area contributed by atoms with Crippen molar-refractivity contribution in [3.8, 4) is 0 Å². The molecule has 4 nitrogen and oxygen atoms in total. The monoisotopic (exact) mass is 300 g/mol. The molecule has 2 aliphatic rings. The first-order valence-corrected chi connectivity index (χ1v) is 8.91. The Balaban J connectivity index is 1.67. The van der Waals surface area contributed by atoms with Gasteiger partial charge in [-0.15, -0.1) is 0 Å². The molecule has 1 atom stereocenters. The number of methoxy groups -OCH3 is 1. The van der Waals surface area contributed by atoms with Gasteiger partial charge in [0.1, 0.15) is 0 Å². The summed E-state index contributed by atoms with van der Waals surface area (Å²) in [4.78, 5) is 11.9. The topological polar surface area (TPSA) is 50.4 Å². The maximum absolute atomic E-state index is 11.9. The fraction of sp³-hybridized carbons (Fsp3) is 0.933. The van der Waals surface area contributed by atoms with Crippen LogP contribution in [-0.2, 0) is 4.74 Å². The molecule has 0 aromatic carbocycles. The third kappa shape index (κ3) is 4.85. The van der Waals surface area contributed by atoms with Crippen molar-refractivity contribution in [1.82, 2.24) is 10.6 Å². The van der Waals surface area contributed by atoms with Crippen LogP contribution in [0, 0.1) is 5.41 Å². The van der Waals surface area contributed by atoms with Gasteiger partial charge in [0, 0.05) is 32.1 Å². The number of rotatable bonds is 7. The van der Waals surface area contributed by atoms with Gasteiger partial charge < -0.3 is 15.4 Å². The first kappa shape index (κ1) is 16.0. The molecular formula is C15H28N2O2S. The second kappa shape index (κ2) is 8.13.